The van der Waals surface area contributed by atoms with Crippen LogP contribution in [0.1, 0.15) is 56.3 Å². The number of hydrogen-bond donors (Lipinski definition) is 0. The zero-order valence-corrected chi connectivity index (χ0v) is 15.5. The summed E-state index contributed by atoms with van der Waals surface area (Å²) in [6, 6.07) is 6.80. The maximum absolute atomic E-state index is 13.2. The summed E-state index contributed by atoms with van der Waals surface area (Å²) in [5.74, 6) is 0.369. The smallest absolute Gasteiger partial charge is 0.198 e. The highest BCUT2D eigenvalue weighted by atomic mass is 16.5. The fraction of sp³-hybridized carbons (Fsp3) is 0.318. The van der Waals surface area contributed by atoms with Crippen molar-refractivity contribution in [1.82, 2.24) is 0 Å². The van der Waals surface area contributed by atoms with Crippen molar-refractivity contribution < 1.29 is 23.9 Å². The average Bonchev–Trinajstić information content (AvgIpc) is 2.69. The van der Waals surface area contributed by atoms with Crippen LogP contribution in [0.25, 0.3) is 0 Å². The van der Waals surface area contributed by atoms with Gasteiger partial charge in [0.25, 0.3) is 0 Å². The first kappa shape index (κ1) is 17.5. The molecule has 5 heteroatoms. The van der Waals surface area contributed by atoms with E-state index in [4.69, 9.17) is 9.47 Å². The van der Waals surface area contributed by atoms with E-state index in [2.05, 4.69) is 0 Å². The molecule has 0 radical (unpaired) electrons. The van der Waals surface area contributed by atoms with Gasteiger partial charge in [0.1, 0.15) is 17.3 Å². The highest BCUT2D eigenvalue weighted by molar-refractivity contribution is 6.30. The van der Waals surface area contributed by atoms with E-state index in [1.165, 1.54) is 14.2 Å². The Morgan fingerprint density at radius 3 is 1.93 bits per heavy atom. The lowest BCUT2D eigenvalue weighted by molar-refractivity contribution is -0.121. The highest BCUT2D eigenvalue weighted by Crippen LogP contribution is 2.47. The number of benzene rings is 2. The molecule has 2 aliphatic rings. The second-order valence-corrected chi connectivity index (χ2v) is 7.03. The van der Waals surface area contributed by atoms with Crippen LogP contribution in [0.3, 0.4) is 0 Å². The van der Waals surface area contributed by atoms with Crippen molar-refractivity contribution in [1.29, 1.82) is 0 Å². The summed E-state index contributed by atoms with van der Waals surface area (Å²) < 4.78 is 11.3. The lowest BCUT2D eigenvalue weighted by Crippen LogP contribution is -2.27. The van der Waals surface area contributed by atoms with Gasteiger partial charge in [-0.05, 0) is 26.2 Å². The number of fused-ring (bicyclic) bond motifs is 3. The predicted octanol–water partition coefficient (Wildman–Crippen LogP) is 3.17. The Labute approximate surface area is 157 Å². The minimum absolute atomic E-state index is 0.115. The third kappa shape index (κ3) is 2.41. The van der Waals surface area contributed by atoms with Crippen LogP contribution in [-0.2, 0) is 17.6 Å². The maximum Gasteiger partial charge on any atom is 0.198 e. The van der Waals surface area contributed by atoms with Crippen molar-refractivity contribution in [2.24, 2.45) is 5.92 Å². The third-order valence-corrected chi connectivity index (χ3v) is 5.66. The van der Waals surface area contributed by atoms with Crippen molar-refractivity contribution in [3.8, 4) is 11.5 Å². The van der Waals surface area contributed by atoms with Gasteiger partial charge >= 0.3 is 0 Å². The Balaban J connectivity index is 2.04. The van der Waals surface area contributed by atoms with Gasteiger partial charge in [0.05, 0.1) is 25.3 Å². The summed E-state index contributed by atoms with van der Waals surface area (Å²) >= 11 is 0. The number of ether oxygens (including phenoxy) is 2. The Morgan fingerprint density at radius 1 is 0.926 bits per heavy atom. The zero-order valence-electron chi connectivity index (χ0n) is 15.5. The van der Waals surface area contributed by atoms with Gasteiger partial charge in [0.15, 0.2) is 11.6 Å². The normalized spacial score (nSPS) is 17.7. The minimum atomic E-state index is -0.247. The second kappa shape index (κ2) is 6.34. The summed E-state index contributed by atoms with van der Waals surface area (Å²) in [6.45, 7) is 1.59. The van der Waals surface area contributed by atoms with Crippen LogP contribution in [0, 0.1) is 5.92 Å². The standard InChI is InChI=1S/C22H20O5/c1-11(23)12-8-9-15-16(10-12)22(27-3)18-17(21(15)26-2)19(24)13-6-4-5-7-14(13)20(18)25/h4-7,12H,8-10H2,1-3H3/t12-/m1/s1. The lowest BCUT2D eigenvalue weighted by Gasteiger charge is -2.31. The number of Topliss-reactive ketones (excluding diaryl/α,β-unsaturated/α-hetero) is 1. The van der Waals surface area contributed by atoms with Gasteiger partial charge in [0, 0.05) is 28.2 Å². The second-order valence-electron chi connectivity index (χ2n) is 7.03. The number of rotatable bonds is 3. The molecule has 4 rings (SSSR count). The van der Waals surface area contributed by atoms with E-state index < -0.39 is 0 Å². The summed E-state index contributed by atoms with van der Waals surface area (Å²) in [5.41, 5.74) is 2.95. The van der Waals surface area contributed by atoms with Gasteiger partial charge in [-0.2, -0.15) is 0 Å². The fourth-order valence-corrected chi connectivity index (χ4v) is 4.33. The molecule has 0 aromatic heterocycles. The van der Waals surface area contributed by atoms with Crippen LogP contribution in [0.5, 0.6) is 11.5 Å². The predicted molar refractivity (Wildman–Crippen MR) is 99.0 cm³/mol. The minimum Gasteiger partial charge on any atom is -0.496 e. The molecule has 1 atom stereocenters. The first-order chi connectivity index (χ1) is 13.0. The fourth-order valence-electron chi connectivity index (χ4n) is 4.33. The van der Waals surface area contributed by atoms with E-state index in [0.29, 0.717) is 41.9 Å². The first-order valence-electron chi connectivity index (χ1n) is 8.98. The molecule has 0 saturated carbocycles. The monoisotopic (exact) mass is 364 g/mol. The van der Waals surface area contributed by atoms with Crippen LogP contribution in [0.15, 0.2) is 24.3 Å². The Bertz CT molecular complexity index is 1000. The van der Waals surface area contributed by atoms with Crippen LogP contribution in [-0.4, -0.2) is 31.6 Å². The van der Waals surface area contributed by atoms with Crippen molar-refractivity contribution in [2.45, 2.75) is 26.2 Å². The number of ketones is 3. The van der Waals surface area contributed by atoms with Crippen molar-refractivity contribution in [3.63, 3.8) is 0 Å². The molecule has 5 nitrogen and oxygen atoms in total. The van der Waals surface area contributed by atoms with Crippen LogP contribution >= 0.6 is 0 Å². The molecule has 27 heavy (non-hydrogen) atoms. The summed E-state index contributed by atoms with van der Waals surface area (Å²) in [7, 11) is 3.01. The van der Waals surface area contributed by atoms with Crippen LogP contribution < -0.4 is 9.47 Å². The van der Waals surface area contributed by atoms with Crippen molar-refractivity contribution >= 4 is 17.3 Å². The Morgan fingerprint density at radius 2 is 1.44 bits per heavy atom. The topological polar surface area (TPSA) is 69.7 Å². The molecular formula is C22H20O5. The molecule has 0 N–H and O–H groups in total. The van der Waals surface area contributed by atoms with Crippen molar-refractivity contribution in [3.05, 3.63) is 57.6 Å². The molecule has 0 spiro atoms. The lowest BCUT2D eigenvalue weighted by atomic mass is 9.75. The molecule has 2 aromatic carbocycles. The van der Waals surface area contributed by atoms with Crippen LogP contribution in [0.4, 0.5) is 0 Å². The summed E-state index contributed by atoms with van der Waals surface area (Å²) in [5, 5.41) is 0. The number of methoxy groups -OCH3 is 2. The van der Waals surface area contributed by atoms with Gasteiger partial charge in [-0.1, -0.05) is 24.3 Å². The molecule has 0 bridgehead atoms. The SMILES string of the molecule is COc1c2c(c(OC)c3c1C(=O)c1ccccc1C3=O)C[C@H](C(C)=O)CC2. The molecule has 0 amide bonds. The molecule has 0 unspecified atom stereocenters. The van der Waals surface area contributed by atoms with E-state index in [0.717, 1.165) is 11.1 Å². The quantitative estimate of drug-likeness (QED) is 0.714. The average molecular weight is 364 g/mol. The summed E-state index contributed by atoms with van der Waals surface area (Å²) in [6.07, 6.45) is 1.79. The zero-order chi connectivity index (χ0) is 19.3. The number of hydrogen-bond acceptors (Lipinski definition) is 5. The molecule has 2 aromatic rings. The van der Waals surface area contributed by atoms with Crippen molar-refractivity contribution in [2.75, 3.05) is 14.2 Å². The molecule has 0 fully saturated rings. The molecule has 0 aliphatic heterocycles. The van der Waals surface area contributed by atoms with Gasteiger partial charge in [-0.25, -0.2) is 0 Å². The highest BCUT2D eigenvalue weighted by Gasteiger charge is 2.40. The van der Waals surface area contributed by atoms with E-state index in [1.807, 2.05) is 0 Å². The molecule has 138 valence electrons. The summed E-state index contributed by atoms with van der Waals surface area (Å²) in [4.78, 5) is 38.4. The van der Waals surface area contributed by atoms with Gasteiger partial charge < -0.3 is 9.47 Å². The first-order valence-corrected chi connectivity index (χ1v) is 8.98. The van der Waals surface area contributed by atoms with Crippen LogP contribution in [0.2, 0.25) is 0 Å². The van der Waals surface area contributed by atoms with E-state index >= 15 is 0 Å². The molecule has 0 heterocycles. The van der Waals surface area contributed by atoms with Gasteiger partial charge in [0.2, 0.25) is 0 Å². The van der Waals surface area contributed by atoms with Gasteiger partial charge in [-0.3, -0.25) is 14.4 Å². The van der Waals surface area contributed by atoms with E-state index in [1.54, 1.807) is 31.2 Å². The number of carbonyl (C=O) groups is 3. The Hall–Kier alpha value is -2.95. The number of carbonyl (C=O) groups excluding carboxylic acids is 3. The molecule has 2 aliphatic carbocycles. The molecule has 0 saturated heterocycles. The largest absolute Gasteiger partial charge is 0.496 e. The van der Waals surface area contributed by atoms with E-state index in [-0.39, 0.29) is 34.4 Å². The van der Waals surface area contributed by atoms with Gasteiger partial charge in [-0.15, -0.1) is 0 Å². The maximum atomic E-state index is 13.2. The third-order valence-electron chi connectivity index (χ3n) is 5.66. The molecular weight excluding hydrogens is 344 g/mol. The Kier molecular flexibility index (Phi) is 4.10. The van der Waals surface area contributed by atoms with E-state index in [9.17, 15) is 14.4 Å².